The number of amides is 1. The summed E-state index contributed by atoms with van der Waals surface area (Å²) >= 11 is 6.50. The third kappa shape index (κ3) is 7.15. The van der Waals surface area contributed by atoms with Crippen molar-refractivity contribution in [2.75, 3.05) is 87.7 Å². The van der Waals surface area contributed by atoms with Crippen molar-refractivity contribution in [1.29, 1.82) is 0 Å². The van der Waals surface area contributed by atoms with Gasteiger partial charge in [-0.25, -0.2) is 14.4 Å². The summed E-state index contributed by atoms with van der Waals surface area (Å²) in [6.07, 6.45) is 3.14. The number of aromatic nitrogens is 2. The fourth-order valence-corrected chi connectivity index (χ4v) is 6.93. The van der Waals surface area contributed by atoms with Crippen molar-refractivity contribution >= 4 is 34.8 Å². The summed E-state index contributed by atoms with van der Waals surface area (Å²) in [5, 5.41) is 11.7. The number of morpholine rings is 1. The van der Waals surface area contributed by atoms with Crippen LogP contribution >= 0.6 is 11.6 Å². The van der Waals surface area contributed by atoms with Gasteiger partial charge in [-0.15, -0.1) is 0 Å². The number of nitrogens with two attached hydrogens (primary N) is 1. The van der Waals surface area contributed by atoms with Crippen molar-refractivity contribution < 1.29 is 19.0 Å². The van der Waals surface area contributed by atoms with E-state index in [-0.39, 0.29) is 35.6 Å². The van der Waals surface area contributed by atoms with Gasteiger partial charge in [-0.2, -0.15) is 0 Å². The molecule has 0 aliphatic carbocycles. The molecule has 11 nitrogen and oxygen atoms in total. The molecule has 3 aliphatic rings. The Labute approximate surface area is 258 Å². The number of likely N-dealkylation sites (tertiary alicyclic amines) is 1. The Hall–Kier alpha value is -2.77. The molecule has 5 rings (SSSR count). The fourth-order valence-electron chi connectivity index (χ4n) is 6.68. The minimum atomic E-state index is -0.512. The van der Waals surface area contributed by atoms with Gasteiger partial charge in [0.15, 0.2) is 22.5 Å². The molecule has 0 saturated carbocycles. The number of carbonyl (C=O) groups excluding carboxylic acids is 1. The molecule has 3 fully saturated rings. The molecule has 43 heavy (non-hydrogen) atoms. The second-order valence-corrected chi connectivity index (χ2v) is 11.9. The highest BCUT2D eigenvalue weighted by Crippen LogP contribution is 2.32. The Morgan fingerprint density at radius 3 is 2.58 bits per heavy atom. The van der Waals surface area contributed by atoms with Crippen molar-refractivity contribution in [3.05, 3.63) is 39.9 Å². The number of piperazine rings is 1. The van der Waals surface area contributed by atoms with Gasteiger partial charge < -0.3 is 30.7 Å². The van der Waals surface area contributed by atoms with E-state index in [1.807, 2.05) is 13.0 Å². The van der Waals surface area contributed by atoms with Crippen LogP contribution in [0.2, 0.25) is 5.15 Å². The zero-order valence-electron chi connectivity index (χ0n) is 25.2. The van der Waals surface area contributed by atoms with Crippen LogP contribution in [0.15, 0.2) is 12.1 Å². The first-order valence-corrected chi connectivity index (χ1v) is 15.7. The van der Waals surface area contributed by atoms with Crippen molar-refractivity contribution in [2.24, 2.45) is 0 Å². The molecule has 0 radical (unpaired) electrons. The summed E-state index contributed by atoms with van der Waals surface area (Å²) in [4.78, 5) is 30.5. The lowest BCUT2D eigenvalue weighted by Gasteiger charge is -2.47. The van der Waals surface area contributed by atoms with E-state index in [4.69, 9.17) is 27.2 Å². The van der Waals surface area contributed by atoms with Gasteiger partial charge in [-0.05, 0) is 50.9 Å². The summed E-state index contributed by atoms with van der Waals surface area (Å²) < 4.78 is 20.1. The van der Waals surface area contributed by atoms with Crippen molar-refractivity contribution in [2.45, 2.75) is 51.7 Å². The Morgan fingerprint density at radius 1 is 1.14 bits per heavy atom. The highest BCUT2D eigenvalue weighted by molar-refractivity contribution is 6.32. The van der Waals surface area contributed by atoms with Crippen LogP contribution < -0.4 is 20.9 Å². The monoisotopic (exact) mass is 618 g/mol. The lowest BCUT2D eigenvalue weighted by molar-refractivity contribution is 0.0610. The van der Waals surface area contributed by atoms with E-state index in [1.165, 1.54) is 5.56 Å². The van der Waals surface area contributed by atoms with E-state index in [9.17, 15) is 9.18 Å². The van der Waals surface area contributed by atoms with Gasteiger partial charge in [0.05, 0.1) is 19.8 Å². The molecule has 3 aliphatic heterocycles. The number of carbonyl (C=O) groups is 1. The Balaban J connectivity index is 1.20. The number of nitrogen functional groups attached to an aromatic ring is 1. The molecule has 1 aromatic heterocycles. The number of aliphatic hydroxyl groups excluding tert-OH is 1. The van der Waals surface area contributed by atoms with E-state index in [0.29, 0.717) is 31.1 Å². The van der Waals surface area contributed by atoms with Crippen LogP contribution in [-0.2, 0) is 11.3 Å². The smallest absolute Gasteiger partial charge is 0.273 e. The maximum atomic E-state index is 14.6. The molecule has 1 amide bonds. The summed E-state index contributed by atoms with van der Waals surface area (Å²) in [5.74, 6) is -0.146. The second-order valence-electron chi connectivity index (χ2n) is 11.6. The number of hydrogen-bond donors (Lipinski definition) is 3. The zero-order chi connectivity index (χ0) is 30.5. The normalized spacial score (nSPS) is 20.9. The van der Waals surface area contributed by atoms with Crippen LogP contribution in [0, 0.1) is 12.7 Å². The average molecular weight is 619 g/mol. The minimum absolute atomic E-state index is 0.0193. The zero-order valence-corrected chi connectivity index (χ0v) is 26.0. The van der Waals surface area contributed by atoms with E-state index >= 15 is 0 Å². The summed E-state index contributed by atoms with van der Waals surface area (Å²) in [6, 6.07) is 4.38. The number of aliphatic hydroxyl groups is 1. The maximum Gasteiger partial charge on any atom is 0.273 e. The predicted octanol–water partition coefficient (Wildman–Crippen LogP) is 2.28. The number of rotatable bonds is 9. The Morgan fingerprint density at radius 2 is 1.88 bits per heavy atom. The number of ether oxygens (including phenoxy) is 1. The molecule has 3 saturated heterocycles. The van der Waals surface area contributed by atoms with Crippen LogP contribution in [0.25, 0.3) is 0 Å². The topological polar surface area (TPSA) is 123 Å². The minimum Gasteiger partial charge on any atom is -0.395 e. The van der Waals surface area contributed by atoms with E-state index < -0.39 is 5.91 Å². The second kappa shape index (κ2) is 14.3. The summed E-state index contributed by atoms with van der Waals surface area (Å²) in [6.45, 7) is 12.1. The highest BCUT2D eigenvalue weighted by atomic mass is 35.5. The van der Waals surface area contributed by atoms with Gasteiger partial charge in [0.1, 0.15) is 5.82 Å². The molecule has 0 spiro atoms. The number of nitrogens with zero attached hydrogens (tertiary/aromatic N) is 6. The molecule has 4 heterocycles. The quantitative estimate of drug-likeness (QED) is 0.386. The summed E-state index contributed by atoms with van der Waals surface area (Å²) in [7, 11) is 0. The summed E-state index contributed by atoms with van der Waals surface area (Å²) in [5.41, 5.74) is 9.01. The van der Waals surface area contributed by atoms with E-state index in [2.05, 4.69) is 41.8 Å². The molecule has 236 valence electrons. The van der Waals surface area contributed by atoms with E-state index in [1.54, 1.807) is 6.07 Å². The number of halogens is 2. The average Bonchev–Trinajstić information content (AvgIpc) is 3.03. The van der Waals surface area contributed by atoms with Crippen LogP contribution in [0.1, 0.15) is 47.8 Å². The third-order valence-electron chi connectivity index (χ3n) is 8.97. The predicted molar refractivity (Wildman–Crippen MR) is 166 cm³/mol. The van der Waals surface area contributed by atoms with Gasteiger partial charge in [0.25, 0.3) is 5.91 Å². The van der Waals surface area contributed by atoms with Crippen LogP contribution in [-0.4, -0.2) is 115 Å². The number of benzene rings is 1. The molecule has 1 atom stereocenters. The van der Waals surface area contributed by atoms with Crippen LogP contribution in [0.5, 0.6) is 0 Å². The molecule has 1 aromatic carbocycles. The van der Waals surface area contributed by atoms with Crippen LogP contribution in [0.3, 0.4) is 0 Å². The first-order valence-electron chi connectivity index (χ1n) is 15.4. The van der Waals surface area contributed by atoms with Crippen molar-refractivity contribution in [3.63, 3.8) is 0 Å². The van der Waals surface area contributed by atoms with Gasteiger partial charge in [-0.3, -0.25) is 14.6 Å². The Kier molecular flexibility index (Phi) is 10.6. The van der Waals surface area contributed by atoms with Gasteiger partial charge in [0.2, 0.25) is 0 Å². The Bertz CT molecular complexity index is 1270. The number of piperidine rings is 1. The fraction of sp³-hybridized carbons (Fsp3) is 0.633. The highest BCUT2D eigenvalue weighted by Gasteiger charge is 2.35. The molecule has 0 unspecified atom stereocenters. The van der Waals surface area contributed by atoms with E-state index in [0.717, 1.165) is 82.9 Å². The molecular weight excluding hydrogens is 575 g/mol. The van der Waals surface area contributed by atoms with Gasteiger partial charge in [-0.1, -0.05) is 24.6 Å². The lowest BCUT2D eigenvalue weighted by atomic mass is 9.97. The molecule has 0 bridgehead atoms. The number of nitrogens with one attached hydrogen (secondary N) is 1. The molecule has 2 aromatic rings. The van der Waals surface area contributed by atoms with Gasteiger partial charge in [0, 0.05) is 69.1 Å². The SMILES string of the molecule is CC[C@H]1CN(c2nc(N)c(C(=O)NCCO)nc2Cl)CCN1C1CCN(Cc2ccc(F)c(C)c2N2CCOCC2)CC1. The first kappa shape index (κ1) is 31.6. The molecule has 13 heteroatoms. The van der Waals surface area contributed by atoms with Gasteiger partial charge >= 0.3 is 0 Å². The standard InChI is InChI=1S/C30H44ClFN8O3/c1-3-22-19-39(29-27(31)35-25(28(33)36-29)30(42)34-8-15-41)11-12-40(22)23-6-9-37(10-7-23)18-21-4-5-24(32)20(2)26(21)38-13-16-43-17-14-38/h4-5,22-23,41H,3,6-19H2,1-2H3,(H2,33,36)(H,34,42)/t22-/m0/s1. The molecular formula is C30H44ClFN8O3. The first-order chi connectivity index (χ1) is 20.8. The van der Waals surface area contributed by atoms with Crippen molar-refractivity contribution in [3.8, 4) is 0 Å². The maximum absolute atomic E-state index is 14.6. The van der Waals surface area contributed by atoms with Crippen molar-refractivity contribution in [1.82, 2.24) is 25.1 Å². The number of anilines is 3. The van der Waals surface area contributed by atoms with Crippen LogP contribution in [0.4, 0.5) is 21.7 Å². The largest absolute Gasteiger partial charge is 0.395 e. The molecule has 4 N–H and O–H groups in total. The lowest BCUT2D eigenvalue weighted by Crippen LogP contribution is -2.58. The number of hydrogen-bond acceptors (Lipinski definition) is 10. The third-order valence-corrected chi connectivity index (χ3v) is 9.22.